The number of phenols is 1. The zero-order chi connectivity index (χ0) is 19.9. The molecule has 0 aromatic heterocycles. The Morgan fingerprint density at radius 1 is 1.04 bits per heavy atom. The van der Waals surface area contributed by atoms with Gasteiger partial charge in [0.2, 0.25) is 0 Å². The molecule has 0 radical (unpaired) electrons. The maximum absolute atomic E-state index is 12.3. The topological polar surface area (TPSA) is 73.1 Å². The zero-order valence-corrected chi connectivity index (χ0v) is 15.6. The van der Waals surface area contributed by atoms with Crippen LogP contribution in [0, 0.1) is 11.3 Å². The normalized spacial score (nSPS) is 10.9. The van der Waals surface area contributed by atoms with Crippen LogP contribution < -0.4 is 5.32 Å². The van der Waals surface area contributed by atoms with Crippen LogP contribution in [-0.2, 0) is 11.2 Å². The Bertz CT molecular complexity index is 1050. The molecule has 2 N–H and O–H groups in total. The maximum Gasteiger partial charge on any atom is 0.266 e. The van der Waals surface area contributed by atoms with E-state index >= 15 is 0 Å². The molecule has 4 nitrogen and oxygen atoms in total. The Balaban J connectivity index is 1.72. The number of halogens is 1. The number of hydrogen-bond donors (Lipinski definition) is 2. The van der Waals surface area contributed by atoms with Crippen molar-refractivity contribution in [3.63, 3.8) is 0 Å². The van der Waals surface area contributed by atoms with Crippen molar-refractivity contribution < 1.29 is 9.90 Å². The first-order valence-electron chi connectivity index (χ1n) is 8.59. The summed E-state index contributed by atoms with van der Waals surface area (Å²) in [6.07, 6.45) is 2.24. The highest BCUT2D eigenvalue weighted by Crippen LogP contribution is 2.20. The summed E-state index contributed by atoms with van der Waals surface area (Å²) in [4.78, 5) is 12.3. The molecule has 0 aliphatic rings. The number of benzene rings is 3. The minimum absolute atomic E-state index is 0.00747. The first-order chi connectivity index (χ1) is 13.5. The number of carbonyl (C=O) groups excluding carboxylic acids is 1. The van der Waals surface area contributed by atoms with Crippen LogP contribution in [-0.4, -0.2) is 11.0 Å². The highest BCUT2D eigenvalue weighted by molar-refractivity contribution is 6.31. The fourth-order valence-electron chi connectivity index (χ4n) is 2.65. The number of anilines is 1. The molecule has 3 aromatic rings. The molecular formula is C23H17ClN2O2. The third-order valence-corrected chi connectivity index (χ3v) is 4.50. The van der Waals surface area contributed by atoms with E-state index in [-0.39, 0.29) is 11.3 Å². The SMILES string of the molecule is N#C/C(=C\c1ccc(Cc2ccccc2Cl)cc1)C(=O)Nc1ccc(O)cc1. The molecule has 1 amide bonds. The molecule has 3 aromatic carbocycles. The van der Waals surface area contributed by atoms with Crippen LogP contribution >= 0.6 is 11.6 Å². The summed E-state index contributed by atoms with van der Waals surface area (Å²) in [5.41, 5.74) is 3.36. The standard InChI is InChI=1S/C23H17ClN2O2/c24-22-4-2-1-3-18(22)13-16-5-7-17(8-6-16)14-19(15-25)23(28)26-20-9-11-21(27)12-10-20/h1-12,14,27H,13H2,(H,26,28)/b19-14+. The highest BCUT2D eigenvalue weighted by atomic mass is 35.5. The molecule has 28 heavy (non-hydrogen) atoms. The van der Waals surface area contributed by atoms with Crippen molar-refractivity contribution in [2.24, 2.45) is 0 Å². The van der Waals surface area contributed by atoms with Crippen LogP contribution in [0.1, 0.15) is 16.7 Å². The molecule has 0 unspecified atom stereocenters. The number of phenolic OH excluding ortho intramolecular Hbond substituents is 1. The van der Waals surface area contributed by atoms with Gasteiger partial charge in [-0.1, -0.05) is 54.1 Å². The van der Waals surface area contributed by atoms with E-state index in [1.54, 1.807) is 12.1 Å². The molecule has 0 saturated carbocycles. The number of nitriles is 1. The minimum atomic E-state index is -0.506. The number of carbonyl (C=O) groups is 1. The third kappa shape index (κ3) is 5.00. The average molecular weight is 389 g/mol. The Hall–Kier alpha value is -3.55. The molecule has 3 rings (SSSR count). The molecule has 0 heterocycles. The van der Waals surface area contributed by atoms with Gasteiger partial charge in [0.15, 0.2) is 0 Å². The van der Waals surface area contributed by atoms with Crippen molar-refractivity contribution >= 4 is 29.3 Å². The second-order valence-electron chi connectivity index (χ2n) is 6.18. The van der Waals surface area contributed by atoms with Gasteiger partial charge in [0.25, 0.3) is 5.91 Å². The lowest BCUT2D eigenvalue weighted by atomic mass is 10.0. The van der Waals surface area contributed by atoms with Gasteiger partial charge < -0.3 is 10.4 Å². The predicted molar refractivity (Wildman–Crippen MR) is 111 cm³/mol. The quantitative estimate of drug-likeness (QED) is 0.359. The number of amides is 1. The lowest BCUT2D eigenvalue weighted by Gasteiger charge is -2.06. The van der Waals surface area contributed by atoms with E-state index in [1.165, 1.54) is 18.2 Å². The molecule has 5 heteroatoms. The van der Waals surface area contributed by atoms with Crippen LogP contribution in [0.15, 0.2) is 78.4 Å². The summed E-state index contributed by atoms with van der Waals surface area (Å²) >= 11 is 6.20. The minimum Gasteiger partial charge on any atom is -0.508 e. The second-order valence-corrected chi connectivity index (χ2v) is 6.59. The van der Waals surface area contributed by atoms with Crippen molar-refractivity contribution in [2.45, 2.75) is 6.42 Å². The first-order valence-corrected chi connectivity index (χ1v) is 8.97. The van der Waals surface area contributed by atoms with Gasteiger partial charge in [-0.2, -0.15) is 5.26 Å². The van der Waals surface area contributed by atoms with Gasteiger partial charge in [0, 0.05) is 10.7 Å². The third-order valence-electron chi connectivity index (χ3n) is 4.13. The lowest BCUT2D eigenvalue weighted by molar-refractivity contribution is -0.112. The molecule has 0 saturated heterocycles. The number of hydrogen-bond acceptors (Lipinski definition) is 3. The highest BCUT2D eigenvalue weighted by Gasteiger charge is 2.10. The van der Waals surface area contributed by atoms with Gasteiger partial charge in [0.1, 0.15) is 17.4 Å². The summed E-state index contributed by atoms with van der Waals surface area (Å²) in [5, 5.41) is 22.0. The van der Waals surface area contributed by atoms with Crippen LogP contribution in [0.5, 0.6) is 5.75 Å². The van der Waals surface area contributed by atoms with Crippen molar-refractivity contribution in [1.82, 2.24) is 0 Å². The summed E-state index contributed by atoms with van der Waals surface area (Å²) in [7, 11) is 0. The Morgan fingerprint density at radius 2 is 1.71 bits per heavy atom. The van der Waals surface area contributed by atoms with Gasteiger partial charge in [-0.15, -0.1) is 0 Å². The summed E-state index contributed by atoms with van der Waals surface area (Å²) in [6, 6.07) is 23.3. The maximum atomic E-state index is 12.3. The number of nitrogens with zero attached hydrogens (tertiary/aromatic N) is 1. The summed E-state index contributed by atoms with van der Waals surface area (Å²) < 4.78 is 0. The van der Waals surface area contributed by atoms with E-state index in [4.69, 9.17) is 11.6 Å². The van der Waals surface area contributed by atoms with Crippen LogP contribution in [0.25, 0.3) is 6.08 Å². The van der Waals surface area contributed by atoms with Crippen molar-refractivity contribution in [2.75, 3.05) is 5.32 Å². The molecule has 0 aliphatic carbocycles. The Labute approximate surface area is 168 Å². The smallest absolute Gasteiger partial charge is 0.266 e. The van der Waals surface area contributed by atoms with Gasteiger partial charge >= 0.3 is 0 Å². The van der Waals surface area contributed by atoms with Gasteiger partial charge in [0.05, 0.1) is 0 Å². The molecule has 0 spiro atoms. The largest absolute Gasteiger partial charge is 0.508 e. The molecule has 0 aliphatic heterocycles. The molecule has 0 bridgehead atoms. The lowest BCUT2D eigenvalue weighted by Crippen LogP contribution is -2.13. The molecule has 0 atom stereocenters. The van der Waals surface area contributed by atoms with E-state index in [9.17, 15) is 15.2 Å². The van der Waals surface area contributed by atoms with Gasteiger partial charge in [-0.3, -0.25) is 4.79 Å². The van der Waals surface area contributed by atoms with E-state index in [2.05, 4.69) is 5.32 Å². The number of aromatic hydroxyl groups is 1. The van der Waals surface area contributed by atoms with E-state index in [0.717, 1.165) is 21.7 Å². The number of rotatable bonds is 5. The molecular weight excluding hydrogens is 372 g/mol. The first kappa shape index (κ1) is 19.2. The second kappa shape index (κ2) is 8.90. The van der Waals surface area contributed by atoms with Gasteiger partial charge in [-0.05, 0) is 59.5 Å². The van der Waals surface area contributed by atoms with Crippen LogP contribution in [0.3, 0.4) is 0 Å². The summed E-state index contributed by atoms with van der Waals surface area (Å²) in [5.74, 6) is -0.403. The average Bonchev–Trinajstić information content (AvgIpc) is 2.70. The Kier molecular flexibility index (Phi) is 6.11. The van der Waals surface area contributed by atoms with Crippen molar-refractivity contribution in [3.8, 4) is 11.8 Å². The Morgan fingerprint density at radius 3 is 2.36 bits per heavy atom. The van der Waals surface area contributed by atoms with E-state index < -0.39 is 5.91 Å². The molecule has 0 fully saturated rings. The van der Waals surface area contributed by atoms with Crippen LogP contribution in [0.2, 0.25) is 5.02 Å². The van der Waals surface area contributed by atoms with Crippen LogP contribution in [0.4, 0.5) is 5.69 Å². The monoisotopic (exact) mass is 388 g/mol. The fraction of sp³-hybridized carbons (Fsp3) is 0.0435. The zero-order valence-electron chi connectivity index (χ0n) is 14.9. The van der Waals surface area contributed by atoms with E-state index in [1.807, 2.05) is 54.6 Å². The van der Waals surface area contributed by atoms with Gasteiger partial charge in [-0.25, -0.2) is 0 Å². The molecule has 138 valence electrons. The van der Waals surface area contributed by atoms with Crippen molar-refractivity contribution in [3.05, 3.63) is 100 Å². The summed E-state index contributed by atoms with van der Waals surface area (Å²) in [6.45, 7) is 0. The van der Waals surface area contributed by atoms with E-state index in [0.29, 0.717) is 12.1 Å². The number of nitrogens with one attached hydrogen (secondary N) is 1. The fourth-order valence-corrected chi connectivity index (χ4v) is 2.85. The predicted octanol–water partition coefficient (Wildman–Crippen LogP) is 5.18. The van der Waals surface area contributed by atoms with Crippen molar-refractivity contribution in [1.29, 1.82) is 5.26 Å².